The van der Waals surface area contributed by atoms with Gasteiger partial charge in [0.2, 0.25) is 11.8 Å². The Labute approximate surface area is 170 Å². The van der Waals surface area contributed by atoms with Crippen LogP contribution in [0.4, 0.5) is 0 Å². The predicted octanol–water partition coefficient (Wildman–Crippen LogP) is 1.16. The van der Waals surface area contributed by atoms with Crippen molar-refractivity contribution in [3.05, 3.63) is 34.9 Å². The Balaban J connectivity index is 1.38. The second-order valence-electron chi connectivity index (χ2n) is 8.74. The van der Waals surface area contributed by atoms with Crippen molar-refractivity contribution in [2.75, 3.05) is 13.1 Å². The molecule has 1 saturated carbocycles. The maximum Gasteiger partial charge on any atom is 0.255 e. The number of hydrogen-bond donors (Lipinski definition) is 2. The smallest absolute Gasteiger partial charge is 0.255 e. The maximum atomic E-state index is 13.3. The third-order valence-electron chi connectivity index (χ3n) is 6.79. The first-order valence-electron chi connectivity index (χ1n) is 10.8. The molecule has 1 atom stereocenters. The van der Waals surface area contributed by atoms with Crippen LogP contribution in [0.15, 0.2) is 18.2 Å². The number of rotatable bonds is 5. The van der Waals surface area contributed by atoms with E-state index in [1.54, 1.807) is 4.90 Å². The fourth-order valence-electron chi connectivity index (χ4n) is 5.12. The number of amides is 3. The summed E-state index contributed by atoms with van der Waals surface area (Å²) in [7, 11) is 0. The van der Waals surface area contributed by atoms with E-state index in [0.717, 1.165) is 49.2 Å². The number of benzene rings is 1. The van der Waals surface area contributed by atoms with Gasteiger partial charge in [0.1, 0.15) is 6.04 Å². The van der Waals surface area contributed by atoms with Gasteiger partial charge in [-0.2, -0.15) is 0 Å². The number of hydrogen-bond acceptors (Lipinski definition) is 5. The van der Waals surface area contributed by atoms with Crippen molar-refractivity contribution in [2.24, 2.45) is 0 Å². The van der Waals surface area contributed by atoms with E-state index in [4.69, 9.17) is 0 Å². The van der Waals surface area contributed by atoms with Crippen LogP contribution in [-0.2, 0) is 22.7 Å². The molecule has 7 heteroatoms. The van der Waals surface area contributed by atoms with Crippen LogP contribution in [0, 0.1) is 0 Å². The Morgan fingerprint density at radius 3 is 2.48 bits per heavy atom. The Morgan fingerprint density at radius 2 is 1.76 bits per heavy atom. The monoisotopic (exact) mass is 396 g/mol. The predicted molar refractivity (Wildman–Crippen MR) is 107 cm³/mol. The molecule has 1 unspecified atom stereocenters. The minimum Gasteiger partial charge on any atom is -0.322 e. The van der Waals surface area contributed by atoms with Crippen LogP contribution in [-0.4, -0.2) is 58.7 Å². The zero-order chi connectivity index (χ0) is 20.0. The molecule has 1 aliphatic carbocycles. The highest BCUT2D eigenvalue weighted by molar-refractivity contribution is 6.05. The van der Waals surface area contributed by atoms with Gasteiger partial charge in [-0.15, -0.1) is 0 Å². The molecule has 4 aliphatic rings. The first kappa shape index (κ1) is 18.8. The number of nitrogens with zero attached hydrogens (tertiary/aromatic N) is 2. The van der Waals surface area contributed by atoms with Gasteiger partial charge in [-0.3, -0.25) is 24.6 Å². The van der Waals surface area contributed by atoms with E-state index in [1.165, 1.54) is 12.8 Å². The summed E-state index contributed by atoms with van der Waals surface area (Å²) in [6.07, 6.45) is 5.49. The second kappa shape index (κ2) is 7.54. The highest BCUT2D eigenvalue weighted by Crippen LogP contribution is 2.35. The quantitative estimate of drug-likeness (QED) is 0.730. The third kappa shape index (κ3) is 3.57. The van der Waals surface area contributed by atoms with E-state index in [-0.39, 0.29) is 24.1 Å². The number of fused-ring (bicyclic) bond motifs is 1. The fraction of sp³-hybridized carbons (Fsp3) is 0.591. The molecule has 3 heterocycles. The normalized spacial score (nSPS) is 25.5. The molecular weight excluding hydrogens is 368 g/mol. The largest absolute Gasteiger partial charge is 0.322 e. The summed E-state index contributed by atoms with van der Waals surface area (Å²) < 4.78 is 0. The van der Waals surface area contributed by atoms with Gasteiger partial charge in [0.15, 0.2) is 0 Å². The molecule has 3 aliphatic heterocycles. The fourth-order valence-corrected chi connectivity index (χ4v) is 5.12. The Bertz CT molecular complexity index is 844. The molecule has 154 valence electrons. The number of nitrogens with one attached hydrogen (secondary N) is 2. The Kier molecular flexibility index (Phi) is 4.87. The van der Waals surface area contributed by atoms with Crippen LogP contribution in [0.5, 0.6) is 0 Å². The molecule has 1 aromatic carbocycles. The maximum absolute atomic E-state index is 13.3. The van der Waals surface area contributed by atoms with E-state index in [0.29, 0.717) is 25.0 Å². The number of carbonyl (C=O) groups excluding carboxylic acids is 3. The third-order valence-corrected chi connectivity index (χ3v) is 6.79. The zero-order valence-corrected chi connectivity index (χ0v) is 16.7. The van der Waals surface area contributed by atoms with Crippen LogP contribution in [0.25, 0.3) is 0 Å². The van der Waals surface area contributed by atoms with Gasteiger partial charge in [-0.1, -0.05) is 18.2 Å². The molecule has 2 saturated heterocycles. The van der Waals surface area contributed by atoms with E-state index >= 15 is 0 Å². The molecule has 0 radical (unpaired) electrons. The average Bonchev–Trinajstić information content (AvgIpc) is 3.51. The van der Waals surface area contributed by atoms with Crippen molar-refractivity contribution in [3.8, 4) is 0 Å². The van der Waals surface area contributed by atoms with Gasteiger partial charge in [0.05, 0.1) is 0 Å². The van der Waals surface area contributed by atoms with Crippen molar-refractivity contribution in [2.45, 2.75) is 69.7 Å². The van der Waals surface area contributed by atoms with Crippen LogP contribution in [0.3, 0.4) is 0 Å². The Hall–Kier alpha value is -2.25. The molecule has 2 N–H and O–H groups in total. The lowest BCUT2D eigenvalue weighted by Gasteiger charge is -2.35. The standard InChI is InChI=1S/C22H28N4O3/c27-19-7-6-18(21(28)24-19)26-13-15-3-1-2-14(20(15)22(26)29)12-25(16-4-5-16)17-8-10-23-11-9-17/h1-3,16-18,23H,4-13H2,(H,24,27,28). The van der Waals surface area contributed by atoms with E-state index in [1.807, 2.05) is 12.1 Å². The minimum atomic E-state index is -0.551. The lowest BCUT2D eigenvalue weighted by atomic mass is 9.99. The first-order valence-corrected chi connectivity index (χ1v) is 10.8. The molecule has 0 aromatic heterocycles. The number of piperidine rings is 2. The minimum absolute atomic E-state index is 0.0637. The molecule has 3 amide bonds. The molecule has 3 fully saturated rings. The average molecular weight is 396 g/mol. The lowest BCUT2D eigenvalue weighted by Crippen LogP contribution is -2.52. The van der Waals surface area contributed by atoms with Crippen molar-refractivity contribution < 1.29 is 14.4 Å². The molecule has 1 aromatic rings. The van der Waals surface area contributed by atoms with Gasteiger partial charge in [-0.25, -0.2) is 0 Å². The van der Waals surface area contributed by atoms with Crippen molar-refractivity contribution in [3.63, 3.8) is 0 Å². The molecule has 5 rings (SSSR count). The number of imide groups is 1. The lowest BCUT2D eigenvalue weighted by molar-refractivity contribution is -0.136. The van der Waals surface area contributed by atoms with Crippen molar-refractivity contribution in [1.82, 2.24) is 20.4 Å². The first-order chi connectivity index (χ1) is 14.1. The highest BCUT2D eigenvalue weighted by atomic mass is 16.2. The van der Waals surface area contributed by atoms with Gasteiger partial charge in [0.25, 0.3) is 5.91 Å². The van der Waals surface area contributed by atoms with Gasteiger partial charge in [-0.05, 0) is 56.3 Å². The summed E-state index contributed by atoms with van der Waals surface area (Å²) in [5.74, 6) is -0.664. The molecule has 7 nitrogen and oxygen atoms in total. The van der Waals surface area contributed by atoms with E-state index in [2.05, 4.69) is 21.6 Å². The summed E-state index contributed by atoms with van der Waals surface area (Å²) in [5, 5.41) is 5.82. The van der Waals surface area contributed by atoms with Crippen LogP contribution >= 0.6 is 0 Å². The summed E-state index contributed by atoms with van der Waals surface area (Å²) in [5.41, 5.74) is 2.85. The summed E-state index contributed by atoms with van der Waals surface area (Å²) in [6, 6.07) is 6.75. The summed E-state index contributed by atoms with van der Waals surface area (Å²) in [4.78, 5) is 41.4. The molecular formula is C22H28N4O3. The zero-order valence-electron chi connectivity index (χ0n) is 16.7. The van der Waals surface area contributed by atoms with Crippen LogP contribution in [0.2, 0.25) is 0 Å². The van der Waals surface area contributed by atoms with Gasteiger partial charge in [0, 0.05) is 37.2 Å². The number of carbonyl (C=O) groups is 3. The Morgan fingerprint density at radius 1 is 1.00 bits per heavy atom. The second-order valence-corrected chi connectivity index (χ2v) is 8.74. The molecule has 0 bridgehead atoms. The molecule has 29 heavy (non-hydrogen) atoms. The van der Waals surface area contributed by atoms with E-state index in [9.17, 15) is 14.4 Å². The molecule has 0 spiro atoms. The van der Waals surface area contributed by atoms with Crippen LogP contribution < -0.4 is 10.6 Å². The van der Waals surface area contributed by atoms with Gasteiger partial charge >= 0.3 is 0 Å². The van der Waals surface area contributed by atoms with E-state index < -0.39 is 6.04 Å². The van der Waals surface area contributed by atoms with Gasteiger partial charge < -0.3 is 10.2 Å². The van der Waals surface area contributed by atoms with Crippen molar-refractivity contribution >= 4 is 17.7 Å². The summed E-state index contributed by atoms with van der Waals surface area (Å²) in [6.45, 7) is 3.37. The van der Waals surface area contributed by atoms with Crippen LogP contribution in [0.1, 0.15) is 60.0 Å². The topological polar surface area (TPSA) is 81.8 Å². The highest BCUT2D eigenvalue weighted by Gasteiger charge is 2.41. The SMILES string of the molecule is O=C1CCC(N2Cc3cccc(CN(C4CCNCC4)C4CC4)c3C2=O)C(=O)N1. The summed E-state index contributed by atoms with van der Waals surface area (Å²) >= 11 is 0. The van der Waals surface area contributed by atoms with Crippen molar-refractivity contribution in [1.29, 1.82) is 0 Å².